The SMILES string of the molecule is C[C@H](NC(=O)c1cccc(NCc2nnc(-c3ccncn3)n2C)c1)c1cccc(OCCCCCOCCCOCC(=O)Nc2cccc3c2CN(C2CCC(=O)NC2=O)C3=O)c1. The molecule has 2 aromatic heterocycles. The maximum Gasteiger partial charge on any atom is 0.255 e. The number of benzene rings is 3. The van der Waals surface area contributed by atoms with E-state index in [0.717, 1.165) is 36.3 Å². The van der Waals surface area contributed by atoms with Gasteiger partial charge in [-0.05, 0) is 93.1 Å². The Morgan fingerprint density at radius 2 is 1.72 bits per heavy atom. The van der Waals surface area contributed by atoms with E-state index in [-0.39, 0.29) is 55.7 Å². The Morgan fingerprint density at radius 1 is 0.906 bits per heavy atom. The fraction of sp³-hybridized carbons (Fsp3) is 0.370. The first kappa shape index (κ1) is 45.0. The molecule has 64 heavy (non-hydrogen) atoms. The Kier molecular flexibility index (Phi) is 15.4. The number of nitrogens with one attached hydrogen (secondary N) is 4. The van der Waals surface area contributed by atoms with Gasteiger partial charge in [0.25, 0.3) is 11.8 Å². The summed E-state index contributed by atoms with van der Waals surface area (Å²) in [5.41, 5.74) is 4.46. The second-order valence-electron chi connectivity index (χ2n) is 15.5. The van der Waals surface area contributed by atoms with Crippen LogP contribution in [0.5, 0.6) is 5.75 Å². The quantitative estimate of drug-likeness (QED) is 0.0546. The maximum absolute atomic E-state index is 13.2. The lowest BCUT2D eigenvalue weighted by Crippen LogP contribution is -2.52. The van der Waals surface area contributed by atoms with E-state index in [9.17, 15) is 24.0 Å². The zero-order valence-corrected chi connectivity index (χ0v) is 35.9. The summed E-state index contributed by atoms with van der Waals surface area (Å²) in [7, 11) is 1.88. The first-order valence-electron chi connectivity index (χ1n) is 21.4. The molecule has 5 amide bonds. The van der Waals surface area contributed by atoms with Crippen molar-refractivity contribution in [1.29, 1.82) is 0 Å². The number of amides is 5. The molecule has 1 fully saturated rings. The molecule has 18 heteroatoms. The molecule has 334 valence electrons. The van der Waals surface area contributed by atoms with Crippen LogP contribution in [0.4, 0.5) is 11.4 Å². The fourth-order valence-corrected chi connectivity index (χ4v) is 7.44. The molecule has 0 spiro atoms. The number of hydrogen-bond donors (Lipinski definition) is 4. The Labute approximate surface area is 370 Å². The molecule has 2 aliphatic heterocycles. The van der Waals surface area contributed by atoms with E-state index in [1.165, 1.54) is 11.2 Å². The maximum atomic E-state index is 13.2. The third kappa shape index (κ3) is 11.7. The van der Waals surface area contributed by atoms with Gasteiger partial charge in [-0.15, -0.1) is 10.2 Å². The minimum absolute atomic E-state index is 0.154. The van der Waals surface area contributed by atoms with Gasteiger partial charge in [-0.3, -0.25) is 29.3 Å². The summed E-state index contributed by atoms with van der Waals surface area (Å²) in [6.07, 6.45) is 6.86. The standard InChI is InChI=1S/C46H52N10O8/c1-30(50-44(59)32-11-6-12-33(24-32)48-26-40-53-54-43(55(40)2)38-18-19-47-29-49-38)31-10-7-13-34(25-31)64-23-5-3-4-20-62-21-9-22-63-28-42(58)51-37-15-8-14-35-36(37)27-56(46(35)61)39-16-17-41(57)52-45(39)60/h6-8,10-15,18-19,24-25,29-30,39,48H,3-5,9,16-17,20-23,26-28H2,1-2H3,(H,50,59)(H,51,58)(H,52,57,60)/t30-,39?/m0/s1. The molecule has 0 saturated carbocycles. The highest BCUT2D eigenvalue weighted by atomic mass is 16.5. The lowest BCUT2D eigenvalue weighted by molar-refractivity contribution is -0.137. The number of nitrogens with zero attached hydrogens (tertiary/aromatic N) is 6. The number of aromatic nitrogens is 5. The molecule has 2 atom stereocenters. The minimum atomic E-state index is -0.730. The average Bonchev–Trinajstić information content (AvgIpc) is 3.85. The topological polar surface area (TPSA) is 221 Å². The Bertz CT molecular complexity index is 2440. The number of ether oxygens (including phenoxy) is 3. The Hall–Kier alpha value is -7.05. The molecule has 1 unspecified atom stereocenters. The van der Waals surface area contributed by atoms with E-state index in [1.54, 1.807) is 42.6 Å². The predicted octanol–water partition coefficient (Wildman–Crippen LogP) is 4.75. The molecule has 4 heterocycles. The van der Waals surface area contributed by atoms with Gasteiger partial charge in [0.15, 0.2) is 11.6 Å². The van der Waals surface area contributed by atoms with Crippen LogP contribution in [0.1, 0.15) is 89.2 Å². The Morgan fingerprint density at radius 3 is 2.56 bits per heavy atom. The van der Waals surface area contributed by atoms with Crippen molar-refractivity contribution in [3.05, 3.63) is 113 Å². The van der Waals surface area contributed by atoms with Crippen LogP contribution in [0, 0.1) is 0 Å². The number of piperidine rings is 1. The van der Waals surface area contributed by atoms with Crippen LogP contribution in [-0.4, -0.2) is 98.2 Å². The second kappa shape index (κ2) is 21.8. The molecular formula is C46H52N10O8. The molecule has 7 rings (SSSR count). The highest BCUT2D eigenvalue weighted by molar-refractivity contribution is 6.07. The third-order valence-electron chi connectivity index (χ3n) is 10.9. The highest BCUT2D eigenvalue weighted by Gasteiger charge is 2.40. The predicted molar refractivity (Wildman–Crippen MR) is 235 cm³/mol. The molecule has 2 aliphatic rings. The summed E-state index contributed by atoms with van der Waals surface area (Å²) in [6.45, 7) is 4.36. The van der Waals surface area contributed by atoms with Gasteiger partial charge in [0.05, 0.1) is 19.2 Å². The number of rotatable bonds is 22. The Balaban J connectivity index is 0.731. The summed E-state index contributed by atoms with van der Waals surface area (Å²) in [4.78, 5) is 72.5. The van der Waals surface area contributed by atoms with Gasteiger partial charge in [-0.2, -0.15) is 0 Å². The van der Waals surface area contributed by atoms with Crippen molar-refractivity contribution in [2.75, 3.05) is 43.7 Å². The van der Waals surface area contributed by atoms with Crippen molar-refractivity contribution in [2.45, 2.75) is 70.6 Å². The van der Waals surface area contributed by atoms with E-state index in [1.807, 2.05) is 54.9 Å². The molecule has 1 saturated heterocycles. The molecule has 3 aromatic carbocycles. The average molecular weight is 873 g/mol. The summed E-state index contributed by atoms with van der Waals surface area (Å²) in [5, 5.41) is 20.1. The molecule has 5 aromatic rings. The monoisotopic (exact) mass is 872 g/mol. The highest BCUT2D eigenvalue weighted by Crippen LogP contribution is 2.32. The molecule has 18 nitrogen and oxygen atoms in total. The number of carbonyl (C=O) groups is 5. The number of fused-ring (bicyclic) bond motifs is 1. The van der Waals surface area contributed by atoms with Gasteiger partial charge in [-0.1, -0.05) is 24.3 Å². The molecule has 0 aliphatic carbocycles. The van der Waals surface area contributed by atoms with Crippen molar-refractivity contribution >= 4 is 40.9 Å². The van der Waals surface area contributed by atoms with Crippen molar-refractivity contribution in [3.8, 4) is 17.3 Å². The number of anilines is 2. The van der Waals surface area contributed by atoms with E-state index >= 15 is 0 Å². The van der Waals surface area contributed by atoms with E-state index in [2.05, 4.69) is 41.4 Å². The van der Waals surface area contributed by atoms with Crippen LogP contribution in [0.3, 0.4) is 0 Å². The van der Waals surface area contributed by atoms with Crippen molar-refractivity contribution in [1.82, 2.24) is 40.3 Å². The smallest absolute Gasteiger partial charge is 0.255 e. The molecule has 0 radical (unpaired) electrons. The number of imide groups is 1. The number of unbranched alkanes of at least 4 members (excludes halogenated alkanes) is 2. The van der Waals surface area contributed by atoms with Gasteiger partial charge in [0.2, 0.25) is 17.7 Å². The second-order valence-corrected chi connectivity index (χ2v) is 15.5. The van der Waals surface area contributed by atoms with Gasteiger partial charge in [0.1, 0.15) is 30.4 Å². The number of hydrogen-bond acceptors (Lipinski definition) is 13. The van der Waals surface area contributed by atoms with Crippen LogP contribution in [0.25, 0.3) is 11.5 Å². The van der Waals surface area contributed by atoms with Crippen LogP contribution in [-0.2, 0) is 44.0 Å². The molecule has 0 bridgehead atoms. The van der Waals surface area contributed by atoms with E-state index in [4.69, 9.17) is 14.2 Å². The van der Waals surface area contributed by atoms with E-state index < -0.39 is 11.9 Å². The largest absolute Gasteiger partial charge is 0.494 e. The third-order valence-corrected chi connectivity index (χ3v) is 10.9. The normalized spacial score (nSPS) is 15.1. The molecule has 4 N–H and O–H groups in total. The summed E-state index contributed by atoms with van der Waals surface area (Å²) in [6, 6.07) is 20.9. The zero-order valence-electron chi connectivity index (χ0n) is 35.9. The lowest BCUT2D eigenvalue weighted by Gasteiger charge is -2.29. The van der Waals surface area contributed by atoms with Crippen molar-refractivity contribution < 1.29 is 38.2 Å². The summed E-state index contributed by atoms with van der Waals surface area (Å²) < 4.78 is 19.2. The number of carbonyl (C=O) groups excluding carboxylic acids is 5. The van der Waals surface area contributed by atoms with Crippen molar-refractivity contribution in [3.63, 3.8) is 0 Å². The molecular weight excluding hydrogens is 821 g/mol. The van der Waals surface area contributed by atoms with Crippen LogP contribution >= 0.6 is 0 Å². The lowest BCUT2D eigenvalue weighted by atomic mass is 10.0. The van der Waals surface area contributed by atoms with Crippen LogP contribution < -0.4 is 26.0 Å². The van der Waals surface area contributed by atoms with Gasteiger partial charge in [-0.25, -0.2) is 9.97 Å². The first-order chi connectivity index (χ1) is 31.1. The van der Waals surface area contributed by atoms with E-state index in [0.29, 0.717) is 79.1 Å². The van der Waals surface area contributed by atoms with Crippen LogP contribution in [0.2, 0.25) is 0 Å². The summed E-state index contributed by atoms with van der Waals surface area (Å²) in [5.74, 6) is 0.405. The zero-order chi connectivity index (χ0) is 44.8. The van der Waals surface area contributed by atoms with Crippen molar-refractivity contribution in [2.24, 2.45) is 7.05 Å². The first-order valence-corrected chi connectivity index (χ1v) is 21.4. The van der Waals surface area contributed by atoms with Crippen LogP contribution in [0.15, 0.2) is 85.3 Å². The van der Waals surface area contributed by atoms with Gasteiger partial charge < -0.3 is 39.6 Å². The van der Waals surface area contributed by atoms with Gasteiger partial charge >= 0.3 is 0 Å². The minimum Gasteiger partial charge on any atom is -0.494 e. The summed E-state index contributed by atoms with van der Waals surface area (Å²) >= 11 is 0. The fourth-order valence-electron chi connectivity index (χ4n) is 7.44. The van der Waals surface area contributed by atoms with Gasteiger partial charge in [0, 0.05) is 74.1 Å².